The van der Waals surface area contributed by atoms with E-state index in [1.165, 1.54) is 23.5 Å². The minimum atomic E-state index is -4.44. The van der Waals surface area contributed by atoms with Crippen molar-refractivity contribution in [2.45, 2.75) is 25.6 Å². The van der Waals surface area contributed by atoms with Crippen LogP contribution in [0.1, 0.15) is 28.8 Å². The van der Waals surface area contributed by atoms with E-state index in [0.29, 0.717) is 30.4 Å². The Balaban J connectivity index is 2.29. The Labute approximate surface area is 90.5 Å². The fourth-order valence-corrected chi connectivity index (χ4v) is 1.89. The Hall–Kier alpha value is -1.52. The Kier molecular flexibility index (Phi) is 2.61. The molecule has 0 aromatic heterocycles. The first-order chi connectivity index (χ1) is 7.46. The number of anilines is 1. The molecule has 1 aliphatic carbocycles. The molecule has 86 valence electrons. The van der Waals surface area contributed by atoms with Crippen molar-refractivity contribution >= 4 is 11.5 Å². The van der Waals surface area contributed by atoms with E-state index >= 15 is 0 Å². The molecule has 2 rings (SSSR count). The van der Waals surface area contributed by atoms with Gasteiger partial charge in [0.15, 0.2) is 5.78 Å². The number of hydrogen-bond donors (Lipinski definition) is 1. The van der Waals surface area contributed by atoms with Gasteiger partial charge in [0.25, 0.3) is 0 Å². The molecule has 0 heterocycles. The van der Waals surface area contributed by atoms with Crippen LogP contribution in [0.5, 0.6) is 0 Å². The van der Waals surface area contributed by atoms with Gasteiger partial charge in [-0.2, -0.15) is 13.2 Å². The molecule has 1 aromatic carbocycles. The van der Waals surface area contributed by atoms with E-state index in [1.807, 2.05) is 0 Å². The van der Waals surface area contributed by atoms with Crippen LogP contribution >= 0.6 is 0 Å². The molecule has 2 nitrogen and oxygen atoms in total. The third kappa shape index (κ3) is 2.35. The molecule has 0 spiro atoms. The smallest absolute Gasteiger partial charge is 0.297 e. The minimum absolute atomic E-state index is 0.0130. The van der Waals surface area contributed by atoms with Crippen LogP contribution in [-0.2, 0) is 6.42 Å². The van der Waals surface area contributed by atoms with E-state index in [-0.39, 0.29) is 11.5 Å². The summed E-state index contributed by atoms with van der Waals surface area (Å²) in [6.07, 6.45) is -2.58. The zero-order valence-electron chi connectivity index (χ0n) is 8.40. The summed E-state index contributed by atoms with van der Waals surface area (Å²) in [6.45, 7) is 0. The van der Waals surface area contributed by atoms with Gasteiger partial charge >= 0.3 is 6.30 Å². The molecule has 5 heteroatoms. The molecule has 0 bridgehead atoms. The highest BCUT2D eigenvalue weighted by Crippen LogP contribution is 2.26. The Bertz CT molecular complexity index is 426. The fraction of sp³-hybridized carbons (Fsp3) is 0.364. The van der Waals surface area contributed by atoms with Crippen molar-refractivity contribution in [2.75, 3.05) is 5.32 Å². The number of carbonyl (C=O) groups is 1. The summed E-state index contributed by atoms with van der Waals surface area (Å²) < 4.78 is 36.2. The second kappa shape index (κ2) is 3.81. The highest BCUT2D eigenvalue weighted by atomic mass is 19.4. The lowest BCUT2D eigenvalue weighted by atomic mass is 9.90. The number of benzene rings is 1. The Morgan fingerprint density at radius 2 is 1.94 bits per heavy atom. The van der Waals surface area contributed by atoms with Gasteiger partial charge in [-0.3, -0.25) is 10.1 Å². The summed E-state index contributed by atoms with van der Waals surface area (Å²) in [5.74, 6) is 0.0137. The SMILES string of the molecule is O=C1CCCc2cc(NC(F)(F)F)ccc21. The molecule has 0 saturated heterocycles. The molecule has 16 heavy (non-hydrogen) atoms. The number of aryl methyl sites for hydroxylation is 1. The van der Waals surface area contributed by atoms with Crippen LogP contribution in [0.4, 0.5) is 18.9 Å². The maximum atomic E-state index is 12.1. The highest BCUT2D eigenvalue weighted by molar-refractivity contribution is 5.98. The number of halogens is 3. The summed E-state index contributed by atoms with van der Waals surface area (Å²) >= 11 is 0. The van der Waals surface area contributed by atoms with E-state index in [0.717, 1.165) is 0 Å². The van der Waals surface area contributed by atoms with Gasteiger partial charge in [0, 0.05) is 17.7 Å². The average molecular weight is 229 g/mol. The monoisotopic (exact) mass is 229 g/mol. The number of nitrogens with one attached hydrogen (secondary N) is 1. The fourth-order valence-electron chi connectivity index (χ4n) is 1.89. The molecule has 0 saturated carbocycles. The molecule has 0 atom stereocenters. The second-order valence-corrected chi connectivity index (χ2v) is 3.77. The van der Waals surface area contributed by atoms with Crippen molar-refractivity contribution in [1.29, 1.82) is 0 Å². The molecule has 0 fully saturated rings. The number of ketones is 1. The van der Waals surface area contributed by atoms with Gasteiger partial charge in [-0.15, -0.1) is 0 Å². The largest absolute Gasteiger partial charge is 0.482 e. The summed E-state index contributed by atoms with van der Waals surface area (Å²) in [5, 5.41) is 1.43. The van der Waals surface area contributed by atoms with Gasteiger partial charge < -0.3 is 0 Å². The molecular formula is C11H10F3NO. The maximum Gasteiger partial charge on any atom is 0.482 e. The summed E-state index contributed by atoms with van der Waals surface area (Å²) in [7, 11) is 0. The minimum Gasteiger partial charge on any atom is -0.297 e. The molecule has 0 radical (unpaired) electrons. The predicted molar refractivity (Wildman–Crippen MR) is 53.4 cm³/mol. The first kappa shape index (κ1) is 11.0. The lowest BCUT2D eigenvalue weighted by molar-refractivity contribution is -0.0999. The van der Waals surface area contributed by atoms with E-state index in [1.54, 1.807) is 0 Å². The Morgan fingerprint density at radius 1 is 1.19 bits per heavy atom. The lowest BCUT2D eigenvalue weighted by Crippen LogP contribution is -2.21. The van der Waals surface area contributed by atoms with Crippen molar-refractivity contribution in [3.8, 4) is 0 Å². The van der Waals surface area contributed by atoms with Crippen LogP contribution in [0.15, 0.2) is 18.2 Å². The standard InChI is InChI=1S/C11H10F3NO/c12-11(13,14)15-8-4-5-9-7(6-8)2-1-3-10(9)16/h4-6,15H,1-3H2. The lowest BCUT2D eigenvalue weighted by Gasteiger charge is -2.17. The van der Waals surface area contributed by atoms with E-state index in [4.69, 9.17) is 0 Å². The molecule has 0 aliphatic heterocycles. The van der Waals surface area contributed by atoms with Crippen LogP contribution in [0.3, 0.4) is 0 Å². The van der Waals surface area contributed by atoms with Crippen molar-refractivity contribution in [1.82, 2.24) is 0 Å². The van der Waals surface area contributed by atoms with E-state index < -0.39 is 6.30 Å². The number of carbonyl (C=O) groups excluding carboxylic acids is 1. The molecule has 0 unspecified atom stereocenters. The molecule has 1 aromatic rings. The van der Waals surface area contributed by atoms with Crippen LogP contribution in [0, 0.1) is 0 Å². The Morgan fingerprint density at radius 3 is 2.62 bits per heavy atom. The quantitative estimate of drug-likeness (QED) is 0.749. The van der Waals surface area contributed by atoms with Crippen molar-refractivity contribution < 1.29 is 18.0 Å². The van der Waals surface area contributed by atoms with E-state index in [2.05, 4.69) is 0 Å². The topological polar surface area (TPSA) is 29.1 Å². The first-order valence-electron chi connectivity index (χ1n) is 4.97. The van der Waals surface area contributed by atoms with Crippen LogP contribution < -0.4 is 5.32 Å². The van der Waals surface area contributed by atoms with Gasteiger partial charge in [0.2, 0.25) is 0 Å². The molecular weight excluding hydrogens is 219 g/mol. The van der Waals surface area contributed by atoms with Crippen molar-refractivity contribution in [3.05, 3.63) is 29.3 Å². The summed E-state index contributed by atoms with van der Waals surface area (Å²) in [5.41, 5.74) is 1.24. The zero-order chi connectivity index (χ0) is 11.8. The average Bonchev–Trinajstić information content (AvgIpc) is 2.15. The highest BCUT2D eigenvalue weighted by Gasteiger charge is 2.27. The normalized spacial score (nSPS) is 15.8. The third-order valence-electron chi connectivity index (χ3n) is 2.54. The van der Waals surface area contributed by atoms with Gasteiger partial charge in [-0.25, -0.2) is 0 Å². The first-order valence-corrected chi connectivity index (χ1v) is 4.97. The molecule has 1 N–H and O–H groups in total. The van der Waals surface area contributed by atoms with Crippen molar-refractivity contribution in [2.24, 2.45) is 0 Å². The van der Waals surface area contributed by atoms with Gasteiger partial charge in [0.1, 0.15) is 0 Å². The number of fused-ring (bicyclic) bond motifs is 1. The number of hydrogen-bond acceptors (Lipinski definition) is 2. The zero-order valence-corrected chi connectivity index (χ0v) is 8.40. The summed E-state index contributed by atoms with van der Waals surface area (Å²) in [6, 6.07) is 4.15. The molecule has 1 aliphatic rings. The maximum absolute atomic E-state index is 12.1. The van der Waals surface area contributed by atoms with Crippen LogP contribution in [-0.4, -0.2) is 12.1 Å². The van der Waals surface area contributed by atoms with Gasteiger partial charge in [0.05, 0.1) is 0 Å². The number of Topliss-reactive ketones (excluding diaryl/α,β-unsaturated/α-hetero) is 1. The predicted octanol–water partition coefficient (Wildman–Crippen LogP) is 3.14. The van der Waals surface area contributed by atoms with E-state index in [9.17, 15) is 18.0 Å². The number of alkyl halides is 3. The van der Waals surface area contributed by atoms with Crippen LogP contribution in [0.25, 0.3) is 0 Å². The number of rotatable bonds is 1. The molecule has 0 amide bonds. The van der Waals surface area contributed by atoms with Crippen molar-refractivity contribution in [3.63, 3.8) is 0 Å². The summed E-state index contributed by atoms with van der Waals surface area (Å²) in [4.78, 5) is 11.4. The van der Waals surface area contributed by atoms with Crippen LogP contribution in [0.2, 0.25) is 0 Å². The second-order valence-electron chi connectivity index (χ2n) is 3.77. The third-order valence-corrected chi connectivity index (χ3v) is 2.54. The van der Waals surface area contributed by atoms with Gasteiger partial charge in [-0.05, 0) is 36.6 Å². The van der Waals surface area contributed by atoms with Gasteiger partial charge in [-0.1, -0.05) is 0 Å².